The summed E-state index contributed by atoms with van der Waals surface area (Å²) in [7, 11) is 0. The molecule has 2 aromatic carbocycles. The van der Waals surface area contributed by atoms with Crippen LogP contribution in [0.15, 0.2) is 60.7 Å². The van der Waals surface area contributed by atoms with Crippen LogP contribution in [0.3, 0.4) is 0 Å². The van der Waals surface area contributed by atoms with E-state index >= 15 is 0 Å². The van der Waals surface area contributed by atoms with E-state index in [0.29, 0.717) is 13.2 Å². The first-order valence-corrected chi connectivity index (χ1v) is 12.1. The minimum absolute atomic E-state index is 0.0415. The van der Waals surface area contributed by atoms with Gasteiger partial charge in [0.25, 0.3) is 0 Å². The average molecular weight is 437 g/mol. The van der Waals surface area contributed by atoms with Crippen LogP contribution < -0.4 is 0 Å². The maximum absolute atomic E-state index is 11.1. The monoisotopic (exact) mass is 436 g/mol. The lowest BCUT2D eigenvalue weighted by atomic mass is 10.1. The lowest BCUT2D eigenvalue weighted by Gasteiger charge is -2.33. The second-order valence-corrected chi connectivity index (χ2v) is 9.68. The van der Waals surface area contributed by atoms with Gasteiger partial charge in [-0.05, 0) is 22.6 Å². The Balaban J connectivity index is 2.12. The molecule has 4 nitrogen and oxygen atoms in total. The Morgan fingerprint density at radius 2 is 1.28 bits per heavy atom. The highest BCUT2D eigenvalue weighted by atomic mass is 32.2. The standard InChI is InChI=1S/C23H32O4S2/c1-3-28-23(29-4-2)21(25)22(27-17-19-13-9-6-10-14-19)20(15-24)26-16-18-11-7-5-8-12-18/h5-14,20-25H,3-4,15-17H2,1-2H3/t20-,21+,22-/m0/s1. The Kier molecular flexibility index (Phi) is 11.8. The van der Waals surface area contributed by atoms with Crippen molar-refractivity contribution in [2.75, 3.05) is 18.1 Å². The SMILES string of the molecule is CCSC(SCC)[C@H](O)[C@@H](OCc1ccccc1)[C@H](CO)OCc1ccccc1. The number of hydrogen-bond donors (Lipinski definition) is 2. The smallest absolute Gasteiger partial charge is 0.114 e. The predicted molar refractivity (Wildman–Crippen MR) is 123 cm³/mol. The number of hydrogen-bond acceptors (Lipinski definition) is 6. The highest BCUT2D eigenvalue weighted by Gasteiger charge is 2.35. The summed E-state index contributed by atoms with van der Waals surface area (Å²) in [5.74, 6) is 1.80. The molecule has 6 heteroatoms. The third-order valence-corrected chi connectivity index (χ3v) is 7.11. The molecule has 0 saturated heterocycles. The quantitative estimate of drug-likeness (QED) is 0.430. The van der Waals surface area contributed by atoms with E-state index in [-0.39, 0.29) is 11.2 Å². The zero-order valence-electron chi connectivity index (χ0n) is 17.1. The van der Waals surface area contributed by atoms with Crippen LogP contribution in [-0.2, 0) is 22.7 Å². The Hall–Kier alpha value is -1.02. The molecule has 0 heterocycles. The van der Waals surface area contributed by atoms with Crippen molar-refractivity contribution in [2.45, 2.75) is 50.0 Å². The van der Waals surface area contributed by atoms with E-state index in [9.17, 15) is 10.2 Å². The number of ether oxygens (including phenoxy) is 2. The fourth-order valence-electron chi connectivity index (χ4n) is 2.95. The van der Waals surface area contributed by atoms with E-state index in [4.69, 9.17) is 9.47 Å². The van der Waals surface area contributed by atoms with Gasteiger partial charge >= 0.3 is 0 Å². The molecular weight excluding hydrogens is 404 g/mol. The minimum Gasteiger partial charge on any atom is -0.394 e. The molecule has 29 heavy (non-hydrogen) atoms. The van der Waals surface area contributed by atoms with Gasteiger partial charge in [-0.3, -0.25) is 0 Å². The summed E-state index contributed by atoms with van der Waals surface area (Å²) in [6.07, 6.45) is -2.01. The van der Waals surface area contributed by atoms with Gasteiger partial charge in [0.2, 0.25) is 0 Å². The Bertz CT molecular complexity index is 650. The maximum atomic E-state index is 11.1. The summed E-state index contributed by atoms with van der Waals surface area (Å²) in [5, 5.41) is 21.2. The summed E-state index contributed by atoms with van der Waals surface area (Å²) in [5.41, 5.74) is 2.04. The number of benzene rings is 2. The van der Waals surface area contributed by atoms with Crippen LogP contribution in [0.5, 0.6) is 0 Å². The normalized spacial score (nSPS) is 14.7. The van der Waals surface area contributed by atoms with Gasteiger partial charge in [-0.2, -0.15) is 0 Å². The molecule has 2 rings (SSSR count). The van der Waals surface area contributed by atoms with Crippen LogP contribution in [0.2, 0.25) is 0 Å². The number of thioether (sulfide) groups is 2. The summed E-state index contributed by atoms with van der Waals surface area (Å²) >= 11 is 3.39. The van der Waals surface area contributed by atoms with Gasteiger partial charge in [0.1, 0.15) is 18.3 Å². The van der Waals surface area contributed by atoms with E-state index in [2.05, 4.69) is 13.8 Å². The van der Waals surface area contributed by atoms with Crippen LogP contribution in [0.25, 0.3) is 0 Å². The van der Waals surface area contributed by atoms with E-state index in [1.165, 1.54) is 0 Å². The molecule has 160 valence electrons. The van der Waals surface area contributed by atoms with Crippen molar-refractivity contribution < 1.29 is 19.7 Å². The van der Waals surface area contributed by atoms with Gasteiger partial charge in [-0.15, -0.1) is 23.5 Å². The topological polar surface area (TPSA) is 58.9 Å². The molecule has 0 fully saturated rings. The molecule has 0 amide bonds. The third kappa shape index (κ3) is 8.32. The summed E-state index contributed by atoms with van der Waals surface area (Å²) < 4.78 is 12.1. The molecule has 0 bridgehead atoms. The Morgan fingerprint density at radius 3 is 1.72 bits per heavy atom. The minimum atomic E-state index is -0.762. The first-order valence-electron chi connectivity index (χ1n) is 10.0. The number of aliphatic hydroxyl groups is 2. The molecule has 0 aliphatic carbocycles. The number of rotatable bonds is 14. The molecule has 0 aliphatic heterocycles. The molecule has 0 spiro atoms. The summed E-state index contributed by atoms with van der Waals surface area (Å²) in [6, 6.07) is 19.7. The number of aliphatic hydroxyl groups excluding tert-OH is 2. The predicted octanol–water partition coefficient (Wildman–Crippen LogP) is 4.34. The molecule has 0 saturated carbocycles. The largest absolute Gasteiger partial charge is 0.394 e. The van der Waals surface area contributed by atoms with Gasteiger partial charge in [0, 0.05) is 0 Å². The molecule has 0 aliphatic rings. The van der Waals surface area contributed by atoms with Crippen LogP contribution >= 0.6 is 23.5 Å². The van der Waals surface area contributed by atoms with Crippen molar-refractivity contribution in [2.24, 2.45) is 0 Å². The zero-order valence-corrected chi connectivity index (χ0v) is 18.8. The Morgan fingerprint density at radius 1 is 0.793 bits per heavy atom. The van der Waals surface area contributed by atoms with Crippen molar-refractivity contribution in [3.8, 4) is 0 Å². The van der Waals surface area contributed by atoms with Crippen molar-refractivity contribution in [1.82, 2.24) is 0 Å². The second kappa shape index (κ2) is 14.1. The average Bonchev–Trinajstić information content (AvgIpc) is 2.77. The molecular formula is C23H32O4S2. The van der Waals surface area contributed by atoms with Gasteiger partial charge in [0.05, 0.1) is 24.4 Å². The molecule has 3 atom stereocenters. The fourth-order valence-corrected chi connectivity index (χ4v) is 5.51. The molecule has 0 aromatic heterocycles. The highest BCUT2D eigenvalue weighted by Crippen LogP contribution is 2.31. The first-order chi connectivity index (χ1) is 14.2. The van der Waals surface area contributed by atoms with Crippen LogP contribution in [0.1, 0.15) is 25.0 Å². The fraction of sp³-hybridized carbons (Fsp3) is 0.478. The molecule has 2 aromatic rings. The van der Waals surface area contributed by atoms with E-state index in [1.54, 1.807) is 23.5 Å². The Labute approximate surface area is 183 Å². The van der Waals surface area contributed by atoms with Crippen molar-refractivity contribution in [1.29, 1.82) is 0 Å². The molecule has 2 N–H and O–H groups in total. The van der Waals surface area contributed by atoms with E-state index in [1.807, 2.05) is 60.7 Å². The van der Waals surface area contributed by atoms with Crippen molar-refractivity contribution in [3.63, 3.8) is 0 Å². The summed E-state index contributed by atoms with van der Waals surface area (Å²) in [6.45, 7) is 4.65. The van der Waals surface area contributed by atoms with Crippen LogP contribution in [0, 0.1) is 0 Å². The van der Waals surface area contributed by atoms with Gasteiger partial charge in [0.15, 0.2) is 0 Å². The second-order valence-electron chi connectivity index (χ2n) is 6.55. The lowest BCUT2D eigenvalue weighted by Crippen LogP contribution is -2.47. The van der Waals surface area contributed by atoms with Crippen LogP contribution in [0.4, 0.5) is 0 Å². The van der Waals surface area contributed by atoms with E-state index in [0.717, 1.165) is 22.6 Å². The lowest BCUT2D eigenvalue weighted by molar-refractivity contribution is -0.141. The zero-order chi connectivity index (χ0) is 20.9. The highest BCUT2D eigenvalue weighted by molar-refractivity contribution is 8.17. The first kappa shape index (κ1) is 24.3. The summed E-state index contributed by atoms with van der Waals surface area (Å²) in [4.78, 5) is 0. The van der Waals surface area contributed by atoms with Crippen molar-refractivity contribution >= 4 is 23.5 Å². The van der Waals surface area contributed by atoms with Crippen LogP contribution in [-0.4, -0.2) is 51.2 Å². The van der Waals surface area contributed by atoms with Gasteiger partial charge < -0.3 is 19.7 Å². The van der Waals surface area contributed by atoms with Gasteiger partial charge in [-0.1, -0.05) is 74.5 Å². The van der Waals surface area contributed by atoms with Gasteiger partial charge in [-0.25, -0.2) is 0 Å². The van der Waals surface area contributed by atoms with Crippen molar-refractivity contribution in [3.05, 3.63) is 71.8 Å². The molecule has 0 unspecified atom stereocenters. The maximum Gasteiger partial charge on any atom is 0.114 e. The third-order valence-electron chi connectivity index (χ3n) is 4.42. The van der Waals surface area contributed by atoms with E-state index < -0.39 is 18.3 Å². The molecule has 0 radical (unpaired) electrons.